The molecule has 1 aliphatic rings. The molecule has 0 aromatic carbocycles. The fourth-order valence-electron chi connectivity index (χ4n) is 1.18. The molecule has 1 atom stereocenters. The molecule has 1 heterocycles. The Morgan fingerprint density at radius 1 is 1.43 bits per heavy atom. The van der Waals surface area contributed by atoms with Crippen LogP contribution in [-0.2, 0) is 4.79 Å². The molecule has 0 radical (unpaired) electrons. The Labute approximate surface area is 78.1 Å². The largest absolute Gasteiger partial charge is 0.406 e. The number of amides is 3. The van der Waals surface area contributed by atoms with Gasteiger partial charge in [0.25, 0.3) is 5.91 Å². The second kappa shape index (κ2) is 3.47. The van der Waals surface area contributed by atoms with Crippen LogP contribution in [0.3, 0.4) is 0 Å². The van der Waals surface area contributed by atoms with Crippen molar-refractivity contribution in [2.45, 2.75) is 25.6 Å². The number of hydrogen-bond donors (Lipinski definition) is 1. The quantitative estimate of drug-likeness (QED) is 0.688. The van der Waals surface area contributed by atoms with Crippen molar-refractivity contribution in [3.8, 4) is 0 Å². The van der Waals surface area contributed by atoms with Crippen LogP contribution in [0.15, 0.2) is 0 Å². The third kappa shape index (κ3) is 2.15. The van der Waals surface area contributed by atoms with Crippen molar-refractivity contribution >= 4 is 11.9 Å². The van der Waals surface area contributed by atoms with Gasteiger partial charge in [0.1, 0.15) is 12.6 Å². The zero-order valence-corrected chi connectivity index (χ0v) is 7.39. The number of alkyl halides is 3. The van der Waals surface area contributed by atoms with E-state index < -0.39 is 30.7 Å². The van der Waals surface area contributed by atoms with Gasteiger partial charge in [-0.3, -0.25) is 9.69 Å². The van der Waals surface area contributed by atoms with Crippen molar-refractivity contribution in [2.75, 3.05) is 6.54 Å². The zero-order valence-electron chi connectivity index (χ0n) is 7.39. The molecule has 7 heteroatoms. The summed E-state index contributed by atoms with van der Waals surface area (Å²) in [6, 6.07) is -1.79. The third-order valence-electron chi connectivity index (χ3n) is 1.85. The Hall–Kier alpha value is -1.27. The van der Waals surface area contributed by atoms with Crippen LogP contribution in [-0.4, -0.2) is 35.6 Å². The highest BCUT2D eigenvalue weighted by Crippen LogP contribution is 2.19. The lowest BCUT2D eigenvalue weighted by Crippen LogP contribution is -2.39. The lowest BCUT2D eigenvalue weighted by Gasteiger charge is -2.14. The Kier molecular flexibility index (Phi) is 2.68. The summed E-state index contributed by atoms with van der Waals surface area (Å²) in [4.78, 5) is 22.3. The highest BCUT2D eigenvalue weighted by Gasteiger charge is 2.43. The van der Waals surface area contributed by atoms with Crippen LogP contribution >= 0.6 is 0 Å². The summed E-state index contributed by atoms with van der Waals surface area (Å²) in [5, 5.41) is 2.16. The smallest absolute Gasteiger partial charge is 0.326 e. The topological polar surface area (TPSA) is 49.4 Å². The molecule has 0 aromatic heterocycles. The molecule has 0 bridgehead atoms. The lowest BCUT2D eigenvalue weighted by molar-refractivity contribution is -0.153. The molecule has 1 rings (SSSR count). The summed E-state index contributed by atoms with van der Waals surface area (Å²) in [7, 11) is 0. The maximum atomic E-state index is 11.9. The summed E-state index contributed by atoms with van der Waals surface area (Å²) in [5.41, 5.74) is 0. The molecule has 0 aromatic rings. The van der Waals surface area contributed by atoms with Crippen molar-refractivity contribution < 1.29 is 22.8 Å². The van der Waals surface area contributed by atoms with Gasteiger partial charge in [0.2, 0.25) is 0 Å². The first kappa shape index (κ1) is 10.8. The second-order valence-electron chi connectivity index (χ2n) is 2.95. The Balaban J connectivity index is 2.71. The number of halogens is 3. The first-order valence-corrected chi connectivity index (χ1v) is 4.03. The number of hydrogen-bond acceptors (Lipinski definition) is 2. The molecule has 1 N–H and O–H groups in total. The van der Waals surface area contributed by atoms with Crippen LogP contribution in [0.2, 0.25) is 0 Å². The first-order valence-electron chi connectivity index (χ1n) is 4.03. The van der Waals surface area contributed by atoms with E-state index in [-0.39, 0.29) is 4.90 Å². The summed E-state index contributed by atoms with van der Waals surface area (Å²) in [6.45, 7) is 0.0914. The SMILES string of the molecule is CCC1NC(=O)N(CC(F)(F)F)C1=O. The summed E-state index contributed by atoms with van der Waals surface area (Å²) in [5.74, 6) is -0.810. The fraction of sp³-hybridized carbons (Fsp3) is 0.714. The second-order valence-corrected chi connectivity index (χ2v) is 2.95. The molecule has 4 nitrogen and oxygen atoms in total. The number of rotatable bonds is 2. The number of imide groups is 1. The Bertz CT molecular complexity index is 264. The van der Waals surface area contributed by atoms with E-state index in [1.54, 1.807) is 6.92 Å². The van der Waals surface area contributed by atoms with Crippen LogP contribution in [0.4, 0.5) is 18.0 Å². The molecular formula is C7H9F3N2O2. The van der Waals surface area contributed by atoms with Crippen LogP contribution in [0.25, 0.3) is 0 Å². The monoisotopic (exact) mass is 210 g/mol. The standard InChI is InChI=1S/C7H9F3N2O2/c1-2-4-5(13)12(6(14)11-4)3-7(8,9)10/h4H,2-3H2,1H3,(H,11,14). The molecule has 1 unspecified atom stereocenters. The first-order chi connectivity index (χ1) is 6.35. The minimum atomic E-state index is -4.55. The Morgan fingerprint density at radius 3 is 2.36 bits per heavy atom. The average Bonchev–Trinajstić information content (AvgIpc) is 2.29. The van der Waals surface area contributed by atoms with E-state index in [9.17, 15) is 22.8 Å². The van der Waals surface area contributed by atoms with E-state index in [0.29, 0.717) is 6.42 Å². The molecule has 80 valence electrons. The zero-order chi connectivity index (χ0) is 10.9. The molecule has 3 amide bonds. The van der Waals surface area contributed by atoms with E-state index in [4.69, 9.17) is 0 Å². The number of nitrogens with zero attached hydrogens (tertiary/aromatic N) is 1. The number of urea groups is 1. The number of carbonyl (C=O) groups excluding carboxylic acids is 2. The number of carbonyl (C=O) groups is 2. The van der Waals surface area contributed by atoms with Crippen LogP contribution < -0.4 is 5.32 Å². The summed E-state index contributed by atoms with van der Waals surface area (Å²) in [6.07, 6.45) is -4.26. The highest BCUT2D eigenvalue weighted by atomic mass is 19.4. The van der Waals surface area contributed by atoms with Crippen LogP contribution in [0, 0.1) is 0 Å². The van der Waals surface area contributed by atoms with Crippen molar-refractivity contribution in [2.24, 2.45) is 0 Å². The normalized spacial score (nSPS) is 22.9. The van der Waals surface area contributed by atoms with E-state index in [0.717, 1.165) is 0 Å². The maximum Gasteiger partial charge on any atom is 0.406 e. The minimum Gasteiger partial charge on any atom is -0.326 e. The van der Waals surface area contributed by atoms with Crippen molar-refractivity contribution in [3.63, 3.8) is 0 Å². The molecular weight excluding hydrogens is 201 g/mol. The van der Waals surface area contributed by atoms with Crippen LogP contribution in [0.5, 0.6) is 0 Å². The van der Waals surface area contributed by atoms with Crippen molar-refractivity contribution in [3.05, 3.63) is 0 Å². The third-order valence-corrected chi connectivity index (χ3v) is 1.85. The van der Waals surface area contributed by atoms with Gasteiger partial charge in [0.05, 0.1) is 0 Å². The maximum absolute atomic E-state index is 11.9. The predicted octanol–water partition coefficient (Wildman–Crippen LogP) is 0.879. The van der Waals surface area contributed by atoms with Gasteiger partial charge in [-0.15, -0.1) is 0 Å². The molecule has 1 aliphatic heterocycles. The molecule has 0 spiro atoms. The van der Waals surface area contributed by atoms with E-state index in [2.05, 4.69) is 5.32 Å². The van der Waals surface area contributed by atoms with Gasteiger partial charge in [0, 0.05) is 0 Å². The minimum absolute atomic E-state index is 0.189. The molecule has 14 heavy (non-hydrogen) atoms. The van der Waals surface area contributed by atoms with Gasteiger partial charge in [-0.05, 0) is 6.42 Å². The van der Waals surface area contributed by atoms with Gasteiger partial charge in [-0.2, -0.15) is 13.2 Å². The van der Waals surface area contributed by atoms with Gasteiger partial charge >= 0.3 is 12.2 Å². The summed E-state index contributed by atoms with van der Waals surface area (Å²) >= 11 is 0. The fourth-order valence-corrected chi connectivity index (χ4v) is 1.18. The molecule has 1 saturated heterocycles. The van der Waals surface area contributed by atoms with Gasteiger partial charge in [-0.1, -0.05) is 6.92 Å². The lowest BCUT2D eigenvalue weighted by atomic mass is 10.2. The van der Waals surface area contributed by atoms with Crippen molar-refractivity contribution in [1.29, 1.82) is 0 Å². The van der Waals surface area contributed by atoms with Gasteiger partial charge in [-0.25, -0.2) is 4.79 Å². The Morgan fingerprint density at radius 2 is 2.00 bits per heavy atom. The van der Waals surface area contributed by atoms with Gasteiger partial charge < -0.3 is 5.32 Å². The molecule has 0 saturated carbocycles. The highest BCUT2D eigenvalue weighted by molar-refractivity contribution is 6.04. The number of nitrogens with one attached hydrogen (secondary N) is 1. The van der Waals surface area contributed by atoms with E-state index in [1.807, 2.05) is 0 Å². The van der Waals surface area contributed by atoms with E-state index >= 15 is 0 Å². The molecule has 1 fully saturated rings. The van der Waals surface area contributed by atoms with E-state index in [1.165, 1.54) is 0 Å². The summed E-state index contributed by atoms with van der Waals surface area (Å²) < 4.78 is 35.7. The van der Waals surface area contributed by atoms with Crippen molar-refractivity contribution in [1.82, 2.24) is 10.2 Å². The predicted molar refractivity (Wildman–Crippen MR) is 40.4 cm³/mol. The van der Waals surface area contributed by atoms with Crippen LogP contribution in [0.1, 0.15) is 13.3 Å². The van der Waals surface area contributed by atoms with Gasteiger partial charge in [0.15, 0.2) is 0 Å². The molecule has 0 aliphatic carbocycles. The average molecular weight is 210 g/mol.